The van der Waals surface area contributed by atoms with E-state index in [4.69, 9.17) is 4.74 Å². The molecular formula is C13H18FNO2. The zero-order chi connectivity index (χ0) is 12.3. The lowest BCUT2D eigenvalue weighted by molar-refractivity contribution is -0.0207. The fourth-order valence-electron chi connectivity index (χ4n) is 2.10. The Balaban J connectivity index is 2.01. The van der Waals surface area contributed by atoms with Crippen LogP contribution in [0.15, 0.2) is 24.3 Å². The van der Waals surface area contributed by atoms with Gasteiger partial charge in [-0.15, -0.1) is 0 Å². The number of aliphatic hydroxyl groups excluding tert-OH is 1. The second kappa shape index (κ2) is 5.58. The summed E-state index contributed by atoms with van der Waals surface area (Å²) in [6.07, 6.45) is -0.781. The van der Waals surface area contributed by atoms with Gasteiger partial charge in [0.1, 0.15) is 5.82 Å². The molecule has 0 bridgehead atoms. The first-order valence-electron chi connectivity index (χ1n) is 5.93. The maximum Gasteiger partial charge on any atom is 0.129 e. The van der Waals surface area contributed by atoms with E-state index < -0.39 is 6.10 Å². The lowest BCUT2D eigenvalue weighted by atomic mass is 10.1. The van der Waals surface area contributed by atoms with Crippen molar-refractivity contribution in [1.82, 2.24) is 4.90 Å². The molecule has 1 aliphatic rings. The van der Waals surface area contributed by atoms with Crippen molar-refractivity contribution in [3.63, 3.8) is 0 Å². The van der Waals surface area contributed by atoms with Crippen LogP contribution < -0.4 is 0 Å². The first kappa shape index (κ1) is 12.5. The number of halogens is 1. The van der Waals surface area contributed by atoms with Crippen LogP contribution in [0.3, 0.4) is 0 Å². The van der Waals surface area contributed by atoms with Gasteiger partial charge in [-0.1, -0.05) is 18.2 Å². The number of rotatable bonds is 3. The summed E-state index contributed by atoms with van der Waals surface area (Å²) in [5, 5.41) is 10.0. The lowest BCUT2D eigenvalue weighted by Crippen LogP contribution is -2.45. The topological polar surface area (TPSA) is 32.7 Å². The van der Waals surface area contributed by atoms with E-state index in [9.17, 15) is 9.50 Å². The molecular weight excluding hydrogens is 221 g/mol. The number of hydrogen-bond donors (Lipinski definition) is 1. The highest BCUT2D eigenvalue weighted by Crippen LogP contribution is 2.19. The van der Waals surface area contributed by atoms with Gasteiger partial charge in [-0.3, -0.25) is 4.90 Å². The van der Waals surface area contributed by atoms with Crippen molar-refractivity contribution in [3.05, 3.63) is 35.6 Å². The third-order valence-electron chi connectivity index (χ3n) is 3.18. The molecule has 2 atom stereocenters. The van der Waals surface area contributed by atoms with Crippen molar-refractivity contribution in [2.75, 3.05) is 26.3 Å². The predicted molar refractivity (Wildman–Crippen MR) is 63.2 cm³/mol. The van der Waals surface area contributed by atoms with E-state index in [1.165, 1.54) is 6.07 Å². The molecule has 0 aliphatic carbocycles. The SMILES string of the molecule is C[C@H]1COCCN1C[C@H](O)c1ccccc1F. The third-order valence-corrected chi connectivity index (χ3v) is 3.18. The summed E-state index contributed by atoms with van der Waals surface area (Å²) in [5.74, 6) is -0.346. The Bertz CT molecular complexity index is 372. The molecule has 94 valence electrons. The largest absolute Gasteiger partial charge is 0.387 e. The Morgan fingerprint density at radius 1 is 1.53 bits per heavy atom. The zero-order valence-electron chi connectivity index (χ0n) is 9.97. The van der Waals surface area contributed by atoms with E-state index >= 15 is 0 Å². The standard InChI is InChI=1S/C13H18FNO2/c1-10-9-17-7-6-15(10)8-13(16)11-4-2-3-5-12(11)14/h2-5,10,13,16H,6-9H2,1H3/t10-,13-/m0/s1. The van der Waals surface area contributed by atoms with Crippen LogP contribution >= 0.6 is 0 Å². The van der Waals surface area contributed by atoms with Crippen LogP contribution in [0, 0.1) is 5.82 Å². The number of ether oxygens (including phenoxy) is 1. The maximum absolute atomic E-state index is 13.5. The summed E-state index contributed by atoms with van der Waals surface area (Å²) in [7, 11) is 0. The maximum atomic E-state index is 13.5. The molecule has 0 unspecified atom stereocenters. The summed E-state index contributed by atoms with van der Waals surface area (Å²) >= 11 is 0. The van der Waals surface area contributed by atoms with Gasteiger partial charge in [-0.05, 0) is 13.0 Å². The average molecular weight is 239 g/mol. The number of nitrogens with zero attached hydrogens (tertiary/aromatic N) is 1. The van der Waals surface area contributed by atoms with Gasteiger partial charge >= 0.3 is 0 Å². The number of β-amino-alcohol motifs (C(OH)–C–C–N with tert-alkyl or cyclic N) is 1. The quantitative estimate of drug-likeness (QED) is 0.869. The van der Waals surface area contributed by atoms with Gasteiger partial charge in [0.05, 0.1) is 19.3 Å². The first-order valence-corrected chi connectivity index (χ1v) is 5.93. The molecule has 1 aromatic carbocycles. The van der Waals surface area contributed by atoms with Crippen molar-refractivity contribution in [2.24, 2.45) is 0 Å². The highest BCUT2D eigenvalue weighted by atomic mass is 19.1. The number of aliphatic hydroxyl groups is 1. The van der Waals surface area contributed by atoms with Crippen LogP contribution in [0.1, 0.15) is 18.6 Å². The minimum Gasteiger partial charge on any atom is -0.387 e. The van der Waals surface area contributed by atoms with Crippen molar-refractivity contribution in [2.45, 2.75) is 19.1 Å². The normalized spacial score (nSPS) is 23.6. The molecule has 0 aromatic heterocycles. The third kappa shape index (κ3) is 3.03. The van der Waals surface area contributed by atoms with E-state index in [2.05, 4.69) is 4.90 Å². The summed E-state index contributed by atoms with van der Waals surface area (Å²) in [6.45, 7) is 4.63. The molecule has 0 saturated carbocycles. The van der Waals surface area contributed by atoms with Gasteiger partial charge < -0.3 is 9.84 Å². The fraction of sp³-hybridized carbons (Fsp3) is 0.538. The smallest absolute Gasteiger partial charge is 0.129 e. The van der Waals surface area contributed by atoms with Crippen molar-refractivity contribution >= 4 is 0 Å². The van der Waals surface area contributed by atoms with Crippen LogP contribution in [0.2, 0.25) is 0 Å². The van der Waals surface area contributed by atoms with Crippen molar-refractivity contribution < 1.29 is 14.2 Å². The van der Waals surface area contributed by atoms with Crippen LogP contribution in [0.25, 0.3) is 0 Å². The minimum absolute atomic E-state index is 0.269. The number of morpholine rings is 1. The molecule has 1 saturated heterocycles. The molecule has 0 radical (unpaired) electrons. The van der Waals surface area contributed by atoms with Crippen LogP contribution in [-0.4, -0.2) is 42.4 Å². The van der Waals surface area contributed by atoms with Crippen LogP contribution in [0.5, 0.6) is 0 Å². The van der Waals surface area contributed by atoms with Crippen LogP contribution in [-0.2, 0) is 4.74 Å². The van der Waals surface area contributed by atoms with E-state index in [1.54, 1.807) is 18.2 Å². The Hall–Kier alpha value is -0.970. The molecule has 1 heterocycles. The fourth-order valence-corrected chi connectivity index (χ4v) is 2.10. The number of benzene rings is 1. The minimum atomic E-state index is -0.781. The Morgan fingerprint density at radius 3 is 3.00 bits per heavy atom. The van der Waals surface area contributed by atoms with Gasteiger partial charge in [0.2, 0.25) is 0 Å². The highest BCUT2D eigenvalue weighted by Gasteiger charge is 2.23. The highest BCUT2D eigenvalue weighted by molar-refractivity contribution is 5.20. The molecule has 1 aliphatic heterocycles. The summed E-state index contributed by atoms with van der Waals surface area (Å²) < 4.78 is 18.8. The molecule has 0 amide bonds. The van der Waals surface area contributed by atoms with Gasteiger partial charge in [0.15, 0.2) is 0 Å². The van der Waals surface area contributed by atoms with Gasteiger partial charge in [-0.25, -0.2) is 4.39 Å². The average Bonchev–Trinajstić information content (AvgIpc) is 2.32. The zero-order valence-corrected chi connectivity index (χ0v) is 9.97. The molecule has 1 N–H and O–H groups in total. The molecule has 0 spiro atoms. The Kier molecular flexibility index (Phi) is 4.10. The molecule has 2 rings (SSSR count). The summed E-state index contributed by atoms with van der Waals surface area (Å²) in [5.41, 5.74) is 0.367. The molecule has 1 fully saturated rings. The lowest BCUT2D eigenvalue weighted by Gasteiger charge is -2.34. The van der Waals surface area contributed by atoms with E-state index in [0.29, 0.717) is 25.3 Å². The summed E-state index contributed by atoms with van der Waals surface area (Å²) in [4.78, 5) is 2.13. The Morgan fingerprint density at radius 2 is 2.29 bits per heavy atom. The van der Waals surface area contributed by atoms with Gasteiger partial charge in [0.25, 0.3) is 0 Å². The van der Waals surface area contributed by atoms with Crippen molar-refractivity contribution in [1.29, 1.82) is 0 Å². The monoisotopic (exact) mass is 239 g/mol. The second-order valence-corrected chi connectivity index (χ2v) is 4.46. The van der Waals surface area contributed by atoms with E-state index in [0.717, 1.165) is 6.54 Å². The van der Waals surface area contributed by atoms with Gasteiger partial charge in [-0.2, -0.15) is 0 Å². The molecule has 3 nitrogen and oxygen atoms in total. The molecule has 17 heavy (non-hydrogen) atoms. The first-order chi connectivity index (χ1) is 8.18. The van der Waals surface area contributed by atoms with E-state index in [1.807, 2.05) is 6.92 Å². The Labute approximate surface area is 101 Å². The second-order valence-electron chi connectivity index (χ2n) is 4.46. The van der Waals surface area contributed by atoms with Crippen LogP contribution in [0.4, 0.5) is 4.39 Å². The van der Waals surface area contributed by atoms with Gasteiger partial charge in [0, 0.05) is 24.7 Å². The molecule has 1 aromatic rings. The molecule has 4 heteroatoms. The number of hydrogen-bond acceptors (Lipinski definition) is 3. The summed E-state index contributed by atoms with van der Waals surface area (Å²) in [6, 6.07) is 6.64. The van der Waals surface area contributed by atoms with E-state index in [-0.39, 0.29) is 11.9 Å². The predicted octanol–water partition coefficient (Wildman–Crippen LogP) is 1.58. The van der Waals surface area contributed by atoms with Crippen molar-refractivity contribution in [3.8, 4) is 0 Å².